The van der Waals surface area contributed by atoms with Crippen LogP contribution in [0.4, 0.5) is 0 Å². The first-order valence-electron chi connectivity index (χ1n) is 4.49. The molecule has 2 aromatic rings. The lowest BCUT2D eigenvalue weighted by atomic mass is 10.2. The Morgan fingerprint density at radius 3 is 2.44 bits per heavy atom. The molecule has 1 aromatic carbocycles. The number of benzene rings is 1. The van der Waals surface area contributed by atoms with Crippen molar-refractivity contribution in [2.75, 3.05) is 0 Å². The second-order valence-corrected chi connectivity index (χ2v) is 3.05. The third-order valence-electron chi connectivity index (χ3n) is 1.94. The van der Waals surface area contributed by atoms with Gasteiger partial charge in [-0.15, -0.1) is 5.10 Å². The minimum atomic E-state index is -0.764. The van der Waals surface area contributed by atoms with E-state index in [0.717, 1.165) is 11.0 Å². The number of carbonyl (C=O) groups is 2. The van der Waals surface area contributed by atoms with Crippen LogP contribution in [0, 0.1) is 0 Å². The van der Waals surface area contributed by atoms with Gasteiger partial charge in [0.05, 0.1) is 0 Å². The molecule has 80 valence electrons. The van der Waals surface area contributed by atoms with Crippen LogP contribution in [0.15, 0.2) is 36.7 Å². The third kappa shape index (κ3) is 1.81. The molecule has 0 aliphatic carbocycles. The molecule has 6 heteroatoms. The van der Waals surface area contributed by atoms with E-state index < -0.39 is 5.91 Å². The Morgan fingerprint density at radius 2 is 1.88 bits per heavy atom. The summed E-state index contributed by atoms with van der Waals surface area (Å²) in [6, 6.07) is 8.56. The second kappa shape index (κ2) is 3.93. The highest BCUT2D eigenvalue weighted by Gasteiger charge is 2.12. The van der Waals surface area contributed by atoms with Crippen molar-refractivity contribution < 1.29 is 9.59 Å². The Kier molecular flexibility index (Phi) is 2.47. The molecule has 1 aromatic heterocycles. The first kappa shape index (κ1) is 10.0. The Balaban J connectivity index is 2.31. The summed E-state index contributed by atoms with van der Waals surface area (Å²) in [6.07, 6.45) is 1.16. The highest BCUT2D eigenvalue weighted by atomic mass is 16.2. The molecule has 2 N–H and O–H groups in total. The summed E-state index contributed by atoms with van der Waals surface area (Å²) in [7, 11) is 0. The molecule has 0 spiro atoms. The molecule has 16 heavy (non-hydrogen) atoms. The number of primary amides is 1. The summed E-state index contributed by atoms with van der Waals surface area (Å²) in [5.41, 5.74) is 5.44. The lowest BCUT2D eigenvalue weighted by molar-refractivity contribution is 0.0943. The number of nitrogens with zero attached hydrogens (tertiary/aromatic N) is 3. The SMILES string of the molecule is NC(=O)c1ncn(C(=O)c2ccccc2)n1. The molecule has 0 bridgehead atoms. The number of hydrogen-bond donors (Lipinski definition) is 1. The van der Waals surface area contributed by atoms with E-state index >= 15 is 0 Å². The fraction of sp³-hybridized carbons (Fsp3) is 0. The van der Waals surface area contributed by atoms with Gasteiger partial charge in [-0.2, -0.15) is 4.68 Å². The van der Waals surface area contributed by atoms with Gasteiger partial charge in [0, 0.05) is 5.56 Å². The predicted octanol–water partition coefficient (Wildman–Crippen LogP) is 0.0655. The topological polar surface area (TPSA) is 90.9 Å². The normalized spacial score (nSPS) is 10.0. The van der Waals surface area contributed by atoms with Crippen LogP contribution in [0.2, 0.25) is 0 Å². The zero-order chi connectivity index (χ0) is 11.5. The number of nitrogens with two attached hydrogens (primary N) is 1. The van der Waals surface area contributed by atoms with Crippen LogP contribution < -0.4 is 5.73 Å². The van der Waals surface area contributed by atoms with Crippen molar-refractivity contribution in [3.63, 3.8) is 0 Å². The van der Waals surface area contributed by atoms with Crippen molar-refractivity contribution >= 4 is 11.8 Å². The van der Waals surface area contributed by atoms with Gasteiger partial charge in [-0.3, -0.25) is 9.59 Å². The smallest absolute Gasteiger partial charge is 0.288 e. The largest absolute Gasteiger partial charge is 0.363 e. The van der Waals surface area contributed by atoms with Crippen molar-refractivity contribution in [3.8, 4) is 0 Å². The molecule has 0 saturated heterocycles. The van der Waals surface area contributed by atoms with Crippen LogP contribution in [0.25, 0.3) is 0 Å². The summed E-state index contributed by atoms with van der Waals surface area (Å²) in [4.78, 5) is 26.2. The minimum Gasteiger partial charge on any atom is -0.363 e. The molecule has 0 aliphatic heterocycles. The van der Waals surface area contributed by atoms with Gasteiger partial charge in [-0.1, -0.05) is 18.2 Å². The fourth-order valence-corrected chi connectivity index (χ4v) is 1.19. The van der Waals surface area contributed by atoms with Gasteiger partial charge in [0.2, 0.25) is 5.82 Å². The lowest BCUT2D eigenvalue weighted by Gasteiger charge is -1.97. The number of rotatable bonds is 2. The van der Waals surface area contributed by atoms with Crippen LogP contribution in [0.5, 0.6) is 0 Å². The Bertz CT molecular complexity index is 533. The van der Waals surface area contributed by atoms with E-state index in [2.05, 4.69) is 10.1 Å². The Labute approximate surface area is 90.7 Å². The van der Waals surface area contributed by atoms with E-state index in [9.17, 15) is 9.59 Å². The van der Waals surface area contributed by atoms with Crippen molar-refractivity contribution in [2.24, 2.45) is 5.73 Å². The maximum Gasteiger partial charge on any atom is 0.288 e. The number of hydrogen-bond acceptors (Lipinski definition) is 4. The highest BCUT2D eigenvalue weighted by Crippen LogP contribution is 2.01. The van der Waals surface area contributed by atoms with Gasteiger partial charge < -0.3 is 5.73 Å². The van der Waals surface area contributed by atoms with E-state index in [1.807, 2.05) is 0 Å². The zero-order valence-corrected chi connectivity index (χ0v) is 8.20. The van der Waals surface area contributed by atoms with Gasteiger partial charge in [-0.05, 0) is 12.1 Å². The average molecular weight is 216 g/mol. The van der Waals surface area contributed by atoms with Crippen molar-refractivity contribution in [1.82, 2.24) is 14.8 Å². The van der Waals surface area contributed by atoms with Crippen molar-refractivity contribution in [3.05, 3.63) is 48.0 Å². The van der Waals surface area contributed by atoms with Crippen LogP contribution in [0.1, 0.15) is 21.0 Å². The summed E-state index contributed by atoms with van der Waals surface area (Å²) in [5, 5.41) is 3.67. The molecular weight excluding hydrogens is 208 g/mol. The van der Waals surface area contributed by atoms with Gasteiger partial charge in [0.15, 0.2) is 0 Å². The number of carbonyl (C=O) groups excluding carboxylic acids is 2. The minimum absolute atomic E-state index is 0.177. The average Bonchev–Trinajstić information content (AvgIpc) is 2.78. The molecule has 0 radical (unpaired) electrons. The summed E-state index contributed by atoms with van der Waals surface area (Å²) in [5.74, 6) is -1.30. The zero-order valence-electron chi connectivity index (χ0n) is 8.20. The summed E-state index contributed by atoms with van der Waals surface area (Å²) < 4.78 is 0.982. The van der Waals surface area contributed by atoms with Gasteiger partial charge >= 0.3 is 0 Å². The maximum absolute atomic E-state index is 11.8. The molecule has 2 rings (SSSR count). The standard InChI is InChI=1S/C10H8N4O2/c11-8(15)9-12-6-14(13-9)10(16)7-4-2-1-3-5-7/h1-6H,(H2,11,15). The molecule has 1 amide bonds. The third-order valence-corrected chi connectivity index (χ3v) is 1.94. The molecule has 0 saturated carbocycles. The number of amides is 1. The quantitative estimate of drug-likeness (QED) is 0.768. The van der Waals surface area contributed by atoms with Gasteiger partial charge in [-0.25, -0.2) is 4.98 Å². The lowest BCUT2D eigenvalue weighted by Crippen LogP contribution is -2.16. The van der Waals surface area contributed by atoms with E-state index in [-0.39, 0.29) is 11.7 Å². The number of aromatic nitrogens is 3. The van der Waals surface area contributed by atoms with Crippen LogP contribution in [0.3, 0.4) is 0 Å². The summed E-state index contributed by atoms with van der Waals surface area (Å²) >= 11 is 0. The molecular formula is C10H8N4O2. The highest BCUT2D eigenvalue weighted by molar-refractivity contribution is 5.96. The molecule has 1 heterocycles. The van der Waals surface area contributed by atoms with E-state index in [1.165, 1.54) is 0 Å². The van der Waals surface area contributed by atoms with Gasteiger partial charge in [0.1, 0.15) is 6.33 Å². The van der Waals surface area contributed by atoms with Gasteiger partial charge in [0.25, 0.3) is 11.8 Å². The maximum atomic E-state index is 11.8. The monoisotopic (exact) mass is 216 g/mol. The van der Waals surface area contributed by atoms with Crippen LogP contribution >= 0.6 is 0 Å². The molecule has 0 atom stereocenters. The van der Waals surface area contributed by atoms with E-state index in [4.69, 9.17) is 5.73 Å². The first-order chi connectivity index (χ1) is 7.68. The van der Waals surface area contributed by atoms with Crippen LogP contribution in [-0.4, -0.2) is 26.6 Å². The molecule has 0 fully saturated rings. The van der Waals surface area contributed by atoms with E-state index in [0.29, 0.717) is 5.56 Å². The van der Waals surface area contributed by atoms with Crippen molar-refractivity contribution in [1.29, 1.82) is 0 Å². The first-order valence-corrected chi connectivity index (χ1v) is 4.49. The second-order valence-electron chi connectivity index (χ2n) is 3.05. The summed E-state index contributed by atoms with van der Waals surface area (Å²) in [6.45, 7) is 0. The Hall–Kier alpha value is -2.50. The molecule has 6 nitrogen and oxygen atoms in total. The van der Waals surface area contributed by atoms with E-state index in [1.54, 1.807) is 30.3 Å². The Morgan fingerprint density at radius 1 is 1.19 bits per heavy atom. The fourth-order valence-electron chi connectivity index (χ4n) is 1.19. The molecule has 0 unspecified atom stereocenters. The van der Waals surface area contributed by atoms with Crippen LogP contribution in [-0.2, 0) is 0 Å². The predicted molar refractivity (Wildman–Crippen MR) is 54.7 cm³/mol. The van der Waals surface area contributed by atoms with Crippen molar-refractivity contribution in [2.45, 2.75) is 0 Å². The molecule has 0 aliphatic rings.